The molecule has 0 aliphatic rings. The van der Waals surface area contributed by atoms with Crippen LogP contribution in [0.4, 0.5) is 0 Å². The zero-order valence-corrected chi connectivity index (χ0v) is 11.5. The van der Waals surface area contributed by atoms with Crippen molar-refractivity contribution in [3.05, 3.63) is 11.6 Å². The Labute approximate surface area is 95.7 Å². The zero-order valence-electron chi connectivity index (χ0n) is 11.5. The highest BCUT2D eigenvalue weighted by atomic mass is 14.7. The molecule has 0 fully saturated rings. The summed E-state index contributed by atoms with van der Waals surface area (Å²) in [5.41, 5.74) is 3.16. The third kappa shape index (κ3) is 5.15. The monoisotopic (exact) mass is 209 g/mol. The fourth-order valence-electron chi connectivity index (χ4n) is 1.87. The highest BCUT2D eigenvalue weighted by molar-refractivity contribution is 5.86. The van der Waals surface area contributed by atoms with E-state index in [1.165, 1.54) is 11.3 Å². The minimum Gasteiger partial charge on any atom is -0.297 e. The van der Waals surface area contributed by atoms with Crippen molar-refractivity contribution in [1.82, 2.24) is 0 Å². The van der Waals surface area contributed by atoms with Crippen LogP contribution in [0.1, 0.15) is 54.4 Å². The minimum absolute atomic E-state index is 0.296. The number of nitrogens with zero attached hydrogens (tertiary/aromatic N) is 1. The second-order valence-electron chi connectivity index (χ2n) is 5.43. The maximum absolute atomic E-state index is 4.37. The van der Waals surface area contributed by atoms with Gasteiger partial charge in [0.05, 0.1) is 0 Å². The standard InChI is InChI=1S/C14H27N/c1-8-12(14(4,5)6)9-10-13(15-7)11(2)3/h8,11H,9-10H2,1-7H3/b12-8+,15-13?. The van der Waals surface area contributed by atoms with Crippen LogP contribution >= 0.6 is 0 Å². The smallest absolute Gasteiger partial charge is 0.0276 e. The summed E-state index contributed by atoms with van der Waals surface area (Å²) in [6, 6.07) is 0. The third-order valence-electron chi connectivity index (χ3n) is 2.92. The number of aliphatic imine (C=N–C) groups is 1. The molecule has 0 saturated heterocycles. The first-order chi connectivity index (χ1) is 6.82. The molecule has 0 aromatic carbocycles. The Morgan fingerprint density at radius 3 is 2.00 bits per heavy atom. The van der Waals surface area contributed by atoms with Gasteiger partial charge in [-0.3, -0.25) is 4.99 Å². The molecule has 0 amide bonds. The van der Waals surface area contributed by atoms with Gasteiger partial charge in [-0.1, -0.05) is 46.3 Å². The summed E-state index contributed by atoms with van der Waals surface area (Å²) in [4.78, 5) is 4.37. The van der Waals surface area contributed by atoms with Crippen molar-refractivity contribution < 1.29 is 0 Å². The SMILES string of the molecule is C/C=C(\CCC(=NC)C(C)C)C(C)(C)C. The summed E-state index contributed by atoms with van der Waals surface area (Å²) in [5.74, 6) is 0.577. The molecule has 0 radical (unpaired) electrons. The fraction of sp³-hybridized carbons (Fsp3) is 0.786. The molecule has 0 atom stereocenters. The van der Waals surface area contributed by atoms with E-state index in [9.17, 15) is 0 Å². The van der Waals surface area contributed by atoms with Crippen LogP contribution in [0.5, 0.6) is 0 Å². The van der Waals surface area contributed by atoms with Gasteiger partial charge < -0.3 is 0 Å². The second-order valence-corrected chi connectivity index (χ2v) is 5.43. The predicted molar refractivity (Wildman–Crippen MR) is 70.6 cm³/mol. The maximum atomic E-state index is 4.37. The average Bonchev–Trinajstić information content (AvgIpc) is 2.09. The Balaban J connectivity index is 4.38. The molecule has 0 aliphatic heterocycles. The summed E-state index contributed by atoms with van der Waals surface area (Å²) in [6.45, 7) is 13.4. The van der Waals surface area contributed by atoms with Gasteiger partial charge in [0.15, 0.2) is 0 Å². The Kier molecular flexibility index (Phi) is 5.85. The number of allylic oxidation sites excluding steroid dienone is 2. The van der Waals surface area contributed by atoms with Crippen LogP contribution in [0.3, 0.4) is 0 Å². The highest BCUT2D eigenvalue weighted by Gasteiger charge is 2.16. The Morgan fingerprint density at radius 1 is 1.20 bits per heavy atom. The minimum atomic E-state index is 0.296. The summed E-state index contributed by atoms with van der Waals surface area (Å²) in [7, 11) is 1.90. The van der Waals surface area contributed by atoms with Crippen molar-refractivity contribution in [2.24, 2.45) is 16.3 Å². The van der Waals surface area contributed by atoms with E-state index in [-0.39, 0.29) is 0 Å². The van der Waals surface area contributed by atoms with E-state index in [1.54, 1.807) is 0 Å². The number of hydrogen-bond donors (Lipinski definition) is 0. The topological polar surface area (TPSA) is 12.4 Å². The van der Waals surface area contributed by atoms with Gasteiger partial charge in [-0.05, 0) is 31.1 Å². The van der Waals surface area contributed by atoms with Crippen LogP contribution in [-0.2, 0) is 0 Å². The molecule has 1 heteroatoms. The van der Waals surface area contributed by atoms with Crippen LogP contribution < -0.4 is 0 Å². The molecule has 0 N–H and O–H groups in total. The highest BCUT2D eigenvalue weighted by Crippen LogP contribution is 2.29. The quantitative estimate of drug-likeness (QED) is 0.478. The van der Waals surface area contributed by atoms with Crippen molar-refractivity contribution in [3.8, 4) is 0 Å². The number of rotatable bonds is 4. The van der Waals surface area contributed by atoms with E-state index >= 15 is 0 Å². The summed E-state index contributed by atoms with van der Waals surface area (Å²) in [6.07, 6.45) is 4.50. The molecule has 88 valence electrons. The van der Waals surface area contributed by atoms with E-state index in [2.05, 4.69) is 52.6 Å². The number of hydrogen-bond acceptors (Lipinski definition) is 1. The van der Waals surface area contributed by atoms with Crippen molar-refractivity contribution in [1.29, 1.82) is 0 Å². The van der Waals surface area contributed by atoms with Crippen LogP contribution in [-0.4, -0.2) is 12.8 Å². The molecule has 0 bridgehead atoms. The van der Waals surface area contributed by atoms with E-state index in [4.69, 9.17) is 0 Å². The second kappa shape index (κ2) is 6.09. The molecule has 1 nitrogen and oxygen atoms in total. The van der Waals surface area contributed by atoms with Crippen LogP contribution in [0.15, 0.2) is 16.6 Å². The van der Waals surface area contributed by atoms with Crippen molar-refractivity contribution >= 4 is 5.71 Å². The van der Waals surface area contributed by atoms with Gasteiger partial charge in [-0.2, -0.15) is 0 Å². The first-order valence-electron chi connectivity index (χ1n) is 5.94. The fourth-order valence-corrected chi connectivity index (χ4v) is 1.87. The molecule has 0 unspecified atom stereocenters. The van der Waals surface area contributed by atoms with Gasteiger partial charge in [-0.25, -0.2) is 0 Å². The third-order valence-corrected chi connectivity index (χ3v) is 2.92. The van der Waals surface area contributed by atoms with Crippen molar-refractivity contribution in [2.75, 3.05) is 7.05 Å². The van der Waals surface area contributed by atoms with Gasteiger partial charge in [0.2, 0.25) is 0 Å². The van der Waals surface area contributed by atoms with Crippen LogP contribution in [0, 0.1) is 11.3 Å². The van der Waals surface area contributed by atoms with E-state index < -0.39 is 0 Å². The van der Waals surface area contributed by atoms with Gasteiger partial charge in [0.25, 0.3) is 0 Å². The molecular formula is C14H27N. The lowest BCUT2D eigenvalue weighted by atomic mass is 9.82. The maximum Gasteiger partial charge on any atom is 0.0276 e. The summed E-state index contributed by atoms with van der Waals surface area (Å²) in [5, 5.41) is 0. The lowest BCUT2D eigenvalue weighted by Gasteiger charge is -2.23. The molecule has 0 aromatic rings. The summed E-state index contributed by atoms with van der Waals surface area (Å²) >= 11 is 0. The summed E-state index contributed by atoms with van der Waals surface area (Å²) < 4.78 is 0. The average molecular weight is 209 g/mol. The van der Waals surface area contributed by atoms with Crippen molar-refractivity contribution in [3.63, 3.8) is 0 Å². The molecule has 15 heavy (non-hydrogen) atoms. The van der Waals surface area contributed by atoms with Crippen LogP contribution in [0.2, 0.25) is 0 Å². The van der Waals surface area contributed by atoms with Gasteiger partial charge >= 0.3 is 0 Å². The van der Waals surface area contributed by atoms with Gasteiger partial charge in [-0.15, -0.1) is 0 Å². The van der Waals surface area contributed by atoms with Crippen LogP contribution in [0.25, 0.3) is 0 Å². The first kappa shape index (κ1) is 14.4. The largest absolute Gasteiger partial charge is 0.297 e. The van der Waals surface area contributed by atoms with Gasteiger partial charge in [0, 0.05) is 12.8 Å². The molecule has 0 spiro atoms. The van der Waals surface area contributed by atoms with E-state index in [0.29, 0.717) is 11.3 Å². The predicted octanol–water partition coefficient (Wildman–Crippen LogP) is 4.49. The molecule has 0 aromatic heterocycles. The van der Waals surface area contributed by atoms with E-state index in [1.807, 2.05) is 7.05 Å². The van der Waals surface area contributed by atoms with E-state index in [0.717, 1.165) is 12.8 Å². The zero-order chi connectivity index (χ0) is 12.1. The Bertz CT molecular complexity index is 239. The molecule has 0 heterocycles. The molecule has 0 saturated carbocycles. The Hall–Kier alpha value is -0.590. The molecule has 0 rings (SSSR count). The molecular weight excluding hydrogens is 182 g/mol. The first-order valence-corrected chi connectivity index (χ1v) is 5.94. The Morgan fingerprint density at radius 2 is 1.73 bits per heavy atom. The normalized spacial score (nSPS) is 14.9. The molecule has 0 aliphatic carbocycles. The van der Waals surface area contributed by atoms with Crippen molar-refractivity contribution in [2.45, 2.75) is 54.4 Å². The van der Waals surface area contributed by atoms with Gasteiger partial charge in [0.1, 0.15) is 0 Å². The lowest BCUT2D eigenvalue weighted by molar-refractivity contribution is 0.483. The lowest BCUT2D eigenvalue weighted by Crippen LogP contribution is -2.13.